The highest BCUT2D eigenvalue weighted by Gasteiger charge is 2.26. The summed E-state index contributed by atoms with van der Waals surface area (Å²) in [5, 5.41) is 1.45. The van der Waals surface area contributed by atoms with Crippen molar-refractivity contribution in [2.45, 2.75) is 0 Å². The second kappa shape index (κ2) is 8.21. The van der Waals surface area contributed by atoms with E-state index in [2.05, 4.69) is 10.9 Å². The molecule has 0 heterocycles. The van der Waals surface area contributed by atoms with Gasteiger partial charge < -0.3 is 4.57 Å². The van der Waals surface area contributed by atoms with E-state index >= 15 is 0 Å². The summed E-state index contributed by atoms with van der Waals surface area (Å²) in [4.78, 5) is 4.59. The van der Waals surface area contributed by atoms with Crippen molar-refractivity contribution in [3.8, 4) is 11.1 Å². The minimum Gasteiger partial charge on any atom is -0.307 e. The first-order valence-electron chi connectivity index (χ1n) is 9.11. The van der Waals surface area contributed by atoms with E-state index in [1.165, 1.54) is 0 Å². The Morgan fingerprint density at radius 1 is 0.571 bits per heavy atom. The molecule has 3 heteroatoms. The van der Waals surface area contributed by atoms with Gasteiger partial charge in [-0.05, 0) is 11.6 Å². The first-order valence-corrected chi connectivity index (χ1v) is 10.8. The molecule has 0 bridgehead atoms. The molecule has 0 atom stereocenters. The van der Waals surface area contributed by atoms with E-state index in [0.29, 0.717) is 0 Å². The fourth-order valence-corrected chi connectivity index (χ4v) is 5.06. The third-order valence-corrected chi connectivity index (χ3v) is 6.97. The standard InChI is InChI=1S/C25H19NOP/c27-28(22-14-6-2-7-15-22,23-16-8-3-9-17-23)20-26-25-19-11-10-18-24(25)21-12-4-1-5-13-21/h1-19H. The van der Waals surface area contributed by atoms with Crippen molar-refractivity contribution >= 4 is 29.4 Å². The highest BCUT2D eigenvalue weighted by Crippen LogP contribution is 2.42. The zero-order chi connectivity index (χ0) is 19.2. The van der Waals surface area contributed by atoms with E-state index in [1.807, 2.05) is 115 Å². The van der Waals surface area contributed by atoms with Crippen LogP contribution in [-0.2, 0) is 4.57 Å². The molecule has 0 aromatic heterocycles. The van der Waals surface area contributed by atoms with Crippen LogP contribution in [0.25, 0.3) is 11.1 Å². The van der Waals surface area contributed by atoms with E-state index in [4.69, 9.17) is 0 Å². The summed E-state index contributed by atoms with van der Waals surface area (Å²) in [7, 11) is -3.12. The van der Waals surface area contributed by atoms with Crippen molar-refractivity contribution in [1.82, 2.24) is 0 Å². The Hall–Kier alpha value is -3.22. The molecule has 28 heavy (non-hydrogen) atoms. The topological polar surface area (TPSA) is 29.4 Å². The summed E-state index contributed by atoms with van der Waals surface area (Å²) in [6.45, 7) is 0. The lowest BCUT2D eigenvalue weighted by Crippen LogP contribution is -2.16. The van der Waals surface area contributed by atoms with Gasteiger partial charge in [0, 0.05) is 16.2 Å². The molecule has 0 unspecified atom stereocenters. The Morgan fingerprint density at radius 2 is 1.04 bits per heavy atom. The molecule has 135 valence electrons. The van der Waals surface area contributed by atoms with E-state index in [1.54, 1.807) is 0 Å². The predicted octanol–water partition coefficient (Wildman–Crippen LogP) is 5.90. The van der Waals surface area contributed by atoms with Crippen molar-refractivity contribution in [3.05, 3.63) is 115 Å². The van der Waals surface area contributed by atoms with Gasteiger partial charge in [-0.2, -0.15) is 0 Å². The fourth-order valence-electron chi connectivity index (χ4n) is 3.10. The average molecular weight is 380 g/mol. The molecule has 4 rings (SSSR count). The number of hydrogen-bond donors (Lipinski definition) is 0. The van der Waals surface area contributed by atoms with Gasteiger partial charge in [-0.25, -0.2) is 4.99 Å². The van der Waals surface area contributed by atoms with Crippen molar-refractivity contribution in [2.75, 3.05) is 0 Å². The first kappa shape index (κ1) is 18.2. The van der Waals surface area contributed by atoms with Crippen molar-refractivity contribution in [2.24, 2.45) is 4.99 Å². The smallest absolute Gasteiger partial charge is 0.190 e. The van der Waals surface area contributed by atoms with Crippen LogP contribution < -0.4 is 10.6 Å². The minimum atomic E-state index is -3.12. The van der Waals surface area contributed by atoms with Crippen LogP contribution in [0.4, 0.5) is 5.69 Å². The van der Waals surface area contributed by atoms with Gasteiger partial charge in [0.25, 0.3) is 0 Å². The number of nitrogens with zero attached hydrogens (tertiary/aromatic N) is 1. The molecule has 0 aliphatic heterocycles. The normalized spacial score (nSPS) is 11.6. The van der Waals surface area contributed by atoms with Gasteiger partial charge in [0.1, 0.15) is 5.96 Å². The van der Waals surface area contributed by atoms with Crippen molar-refractivity contribution in [3.63, 3.8) is 0 Å². The third-order valence-electron chi connectivity index (χ3n) is 4.54. The lowest BCUT2D eigenvalue weighted by molar-refractivity contribution is 0.594. The second-order valence-electron chi connectivity index (χ2n) is 6.38. The lowest BCUT2D eigenvalue weighted by Gasteiger charge is -2.14. The molecule has 0 saturated heterocycles. The molecule has 2 nitrogen and oxygen atoms in total. The van der Waals surface area contributed by atoms with Gasteiger partial charge in [0.2, 0.25) is 0 Å². The van der Waals surface area contributed by atoms with E-state index in [0.717, 1.165) is 27.4 Å². The molecule has 0 N–H and O–H groups in total. The molecular formula is C25H19NOP. The number of para-hydroxylation sites is 1. The summed E-state index contributed by atoms with van der Waals surface area (Å²) in [6.07, 6.45) is 0. The molecule has 0 aliphatic rings. The zero-order valence-electron chi connectivity index (χ0n) is 15.3. The Balaban J connectivity index is 1.82. The zero-order valence-corrected chi connectivity index (χ0v) is 16.2. The molecule has 0 spiro atoms. The van der Waals surface area contributed by atoms with E-state index < -0.39 is 7.14 Å². The van der Waals surface area contributed by atoms with Crippen LogP contribution in [0.15, 0.2) is 120 Å². The molecule has 4 aromatic rings. The lowest BCUT2D eigenvalue weighted by atomic mass is 10.0. The Morgan fingerprint density at radius 3 is 1.61 bits per heavy atom. The van der Waals surface area contributed by atoms with Crippen LogP contribution in [0.2, 0.25) is 0 Å². The number of aliphatic imine (C=N–C) groups is 1. The number of benzene rings is 4. The fraction of sp³-hybridized carbons (Fsp3) is 0. The predicted molar refractivity (Wildman–Crippen MR) is 119 cm³/mol. The Bertz CT molecular complexity index is 1080. The molecule has 0 amide bonds. The van der Waals surface area contributed by atoms with Crippen LogP contribution in [0, 0.1) is 0 Å². The monoisotopic (exact) mass is 380 g/mol. The summed E-state index contributed by atoms with van der Waals surface area (Å²) >= 11 is 0. The van der Waals surface area contributed by atoms with Crippen LogP contribution in [0.1, 0.15) is 0 Å². The molecule has 1 radical (unpaired) electrons. The third kappa shape index (κ3) is 3.74. The van der Waals surface area contributed by atoms with Crippen LogP contribution in [0.3, 0.4) is 0 Å². The van der Waals surface area contributed by atoms with Gasteiger partial charge in [0.05, 0.1) is 5.69 Å². The van der Waals surface area contributed by atoms with Crippen molar-refractivity contribution < 1.29 is 4.57 Å². The Labute approximate surface area is 165 Å². The maximum Gasteiger partial charge on any atom is 0.190 e. The van der Waals surface area contributed by atoms with Gasteiger partial charge in [0.15, 0.2) is 7.14 Å². The quantitative estimate of drug-likeness (QED) is 0.313. The van der Waals surface area contributed by atoms with Gasteiger partial charge >= 0.3 is 0 Å². The highest BCUT2D eigenvalue weighted by molar-refractivity contribution is 7.91. The maximum absolute atomic E-state index is 14.0. The molecule has 0 aliphatic carbocycles. The van der Waals surface area contributed by atoms with E-state index in [9.17, 15) is 4.57 Å². The summed E-state index contributed by atoms with van der Waals surface area (Å²) < 4.78 is 14.0. The first-order chi connectivity index (χ1) is 13.8. The van der Waals surface area contributed by atoms with E-state index in [-0.39, 0.29) is 0 Å². The second-order valence-corrected chi connectivity index (χ2v) is 8.83. The Kier molecular flexibility index (Phi) is 5.32. The highest BCUT2D eigenvalue weighted by atomic mass is 31.2. The maximum atomic E-state index is 14.0. The average Bonchev–Trinajstić information content (AvgIpc) is 2.79. The SMILES string of the molecule is O=P([C]=Nc1ccccc1-c1ccccc1)(c1ccccc1)c1ccccc1. The molecule has 4 aromatic carbocycles. The van der Waals surface area contributed by atoms with Gasteiger partial charge in [-0.15, -0.1) is 0 Å². The summed E-state index contributed by atoms with van der Waals surface area (Å²) in [6, 6.07) is 36.8. The van der Waals surface area contributed by atoms with Crippen LogP contribution in [-0.4, -0.2) is 5.96 Å². The number of hydrogen-bond acceptors (Lipinski definition) is 2. The van der Waals surface area contributed by atoms with Gasteiger partial charge in [-0.3, -0.25) is 0 Å². The number of rotatable bonds is 5. The van der Waals surface area contributed by atoms with Crippen LogP contribution >= 0.6 is 7.14 Å². The molecule has 0 fully saturated rings. The largest absolute Gasteiger partial charge is 0.307 e. The summed E-state index contributed by atoms with van der Waals surface area (Å²) in [5.74, 6) is 3.04. The van der Waals surface area contributed by atoms with Crippen LogP contribution in [0.5, 0.6) is 0 Å². The summed E-state index contributed by atoms with van der Waals surface area (Å²) in [5.41, 5.74) is 2.81. The minimum absolute atomic E-state index is 0.724. The van der Waals surface area contributed by atoms with Gasteiger partial charge in [-0.1, -0.05) is 109 Å². The molecular weight excluding hydrogens is 361 g/mol. The molecule has 0 saturated carbocycles. The van der Waals surface area contributed by atoms with Crippen molar-refractivity contribution in [1.29, 1.82) is 0 Å².